The molecular formula is C51H48Fe2N6O6. The Bertz CT molecular complexity index is 2020. The van der Waals surface area contributed by atoms with Crippen LogP contribution in [0.3, 0.4) is 0 Å². The van der Waals surface area contributed by atoms with Crippen molar-refractivity contribution in [1.82, 2.24) is 0 Å². The molecule has 0 N–H and O–H groups in total. The van der Waals surface area contributed by atoms with Crippen LogP contribution in [-0.2, 0) is 34.1 Å². The molecule has 0 fully saturated rings. The number of benzene rings is 6. The minimum absolute atomic E-state index is 0. The molecule has 6 aromatic carbocycles. The Morgan fingerprint density at radius 1 is 0.246 bits per heavy atom. The number of nitrogens with zero attached hydrogens (tertiary/aromatic N) is 6. The summed E-state index contributed by atoms with van der Waals surface area (Å²) in [5.41, 5.74) is 3.59. The first-order valence-electron chi connectivity index (χ1n) is 20.4. The van der Waals surface area contributed by atoms with Gasteiger partial charge in [0.1, 0.15) is 0 Å². The van der Waals surface area contributed by atoms with Gasteiger partial charge < -0.3 is 30.6 Å². The van der Waals surface area contributed by atoms with Crippen LogP contribution in [-0.4, -0.2) is 76.6 Å². The van der Waals surface area contributed by atoms with Gasteiger partial charge in [0, 0.05) is 76.6 Å². The summed E-state index contributed by atoms with van der Waals surface area (Å²) in [6, 6.07) is 40.7. The second kappa shape index (κ2) is 32.8. The van der Waals surface area contributed by atoms with Crippen LogP contribution in [0.15, 0.2) is 176 Å². The third kappa shape index (κ3) is 21.9. The Balaban J connectivity index is 0.000000330. The molecule has 0 aliphatic carbocycles. The number of rotatable bonds is 18. The maximum absolute atomic E-state index is 11.4. The smallest absolute Gasteiger partial charge is 0.872 e. The minimum Gasteiger partial charge on any atom is -0.872 e. The molecule has 65 heavy (non-hydrogen) atoms. The number of hydrogen-bond donors (Lipinski definition) is 0. The van der Waals surface area contributed by atoms with E-state index in [9.17, 15) is 30.6 Å². The predicted molar refractivity (Wildman–Crippen MR) is 244 cm³/mol. The van der Waals surface area contributed by atoms with Crippen molar-refractivity contribution in [2.75, 3.05) is 39.3 Å². The number of aliphatic imine (C=N–C) groups is 6. The second-order valence-corrected chi connectivity index (χ2v) is 13.5. The largest absolute Gasteiger partial charge is 3.00 e. The number of hydrogen-bond acceptors (Lipinski definition) is 12. The Labute approximate surface area is 402 Å². The molecule has 0 atom stereocenters. The SMILES string of the molecule is [Fe+3].[Fe+3].[O-]c1ccccc1C=NCCCN=Cc1ccccc1[O-].[O-]c1ccccc1C=NCCCN=Cc1ccccc1[O-].[O-]c1ccccc1C=NCCCN=Cc1ccccc1[O-]. The van der Waals surface area contributed by atoms with Gasteiger partial charge >= 0.3 is 34.1 Å². The summed E-state index contributed by atoms with van der Waals surface area (Å²) in [5, 5.41) is 68.6. The zero-order valence-electron chi connectivity index (χ0n) is 35.5. The van der Waals surface area contributed by atoms with Crippen LogP contribution in [0.2, 0.25) is 0 Å². The summed E-state index contributed by atoms with van der Waals surface area (Å²) in [6.07, 6.45) is 11.9. The fourth-order valence-corrected chi connectivity index (χ4v) is 5.26. The maximum atomic E-state index is 11.4. The van der Waals surface area contributed by atoms with Crippen LogP contribution in [0.5, 0.6) is 34.5 Å². The minimum atomic E-state index is -0.0219. The van der Waals surface area contributed by atoms with E-state index in [-0.39, 0.29) is 68.6 Å². The fraction of sp³-hybridized carbons (Fsp3) is 0.176. The number of para-hydroxylation sites is 6. The summed E-state index contributed by atoms with van der Waals surface area (Å²) in [6.45, 7) is 3.61. The summed E-state index contributed by atoms with van der Waals surface area (Å²) < 4.78 is 0. The third-order valence-electron chi connectivity index (χ3n) is 8.62. The van der Waals surface area contributed by atoms with Crippen molar-refractivity contribution in [2.24, 2.45) is 30.0 Å². The Kier molecular flexibility index (Phi) is 27.4. The third-order valence-corrected chi connectivity index (χ3v) is 8.62. The molecule has 334 valence electrons. The van der Waals surface area contributed by atoms with Crippen molar-refractivity contribution in [3.63, 3.8) is 0 Å². The molecule has 14 heteroatoms. The molecule has 0 aromatic heterocycles. The van der Waals surface area contributed by atoms with Crippen molar-refractivity contribution in [3.8, 4) is 34.5 Å². The van der Waals surface area contributed by atoms with Crippen molar-refractivity contribution >= 4 is 37.3 Å². The normalized spacial score (nSPS) is 11.1. The molecule has 0 saturated heterocycles. The quantitative estimate of drug-likeness (QED) is 0.0635. The van der Waals surface area contributed by atoms with Gasteiger partial charge in [0.15, 0.2) is 0 Å². The molecule has 12 nitrogen and oxygen atoms in total. The van der Waals surface area contributed by atoms with Gasteiger partial charge in [-0.3, -0.25) is 30.0 Å². The Hall–Kier alpha value is -6.82. The van der Waals surface area contributed by atoms with Gasteiger partial charge in [-0.2, -0.15) is 0 Å². The molecule has 0 bridgehead atoms. The summed E-state index contributed by atoms with van der Waals surface area (Å²) in [4.78, 5) is 25.2. The van der Waals surface area contributed by atoms with Crippen molar-refractivity contribution in [3.05, 3.63) is 179 Å². The zero-order valence-corrected chi connectivity index (χ0v) is 37.7. The van der Waals surface area contributed by atoms with E-state index in [1.807, 2.05) is 36.4 Å². The molecule has 0 saturated carbocycles. The van der Waals surface area contributed by atoms with E-state index >= 15 is 0 Å². The molecule has 2 radical (unpaired) electrons. The Morgan fingerprint density at radius 3 is 0.523 bits per heavy atom. The van der Waals surface area contributed by atoms with Gasteiger partial charge in [-0.1, -0.05) is 146 Å². The Morgan fingerprint density at radius 2 is 0.385 bits per heavy atom. The molecule has 6 aromatic rings. The second-order valence-electron chi connectivity index (χ2n) is 13.5. The molecule has 0 unspecified atom stereocenters. The van der Waals surface area contributed by atoms with E-state index in [0.29, 0.717) is 72.6 Å². The van der Waals surface area contributed by atoms with E-state index in [1.165, 1.54) is 36.4 Å². The first-order chi connectivity index (χ1) is 30.8. The monoisotopic (exact) mass is 952 g/mol. The van der Waals surface area contributed by atoms with Crippen LogP contribution in [0.25, 0.3) is 0 Å². The average Bonchev–Trinajstić information content (AvgIpc) is 3.29. The molecule has 0 aliphatic heterocycles. The van der Waals surface area contributed by atoms with Crippen LogP contribution in [0, 0.1) is 0 Å². The molecule has 0 spiro atoms. The van der Waals surface area contributed by atoms with E-state index < -0.39 is 0 Å². The van der Waals surface area contributed by atoms with Gasteiger partial charge in [0.2, 0.25) is 0 Å². The van der Waals surface area contributed by atoms with Crippen LogP contribution >= 0.6 is 0 Å². The topological polar surface area (TPSA) is 213 Å². The van der Waals surface area contributed by atoms with Gasteiger partial charge in [-0.05, 0) is 52.6 Å². The van der Waals surface area contributed by atoms with Gasteiger partial charge in [-0.15, -0.1) is 34.5 Å². The predicted octanol–water partition coefficient (Wildman–Crippen LogP) is 5.28. The van der Waals surface area contributed by atoms with Gasteiger partial charge in [-0.25, -0.2) is 0 Å². The van der Waals surface area contributed by atoms with Crippen LogP contribution in [0.4, 0.5) is 0 Å². The van der Waals surface area contributed by atoms with Gasteiger partial charge in [0.25, 0.3) is 0 Å². The molecular weight excluding hydrogens is 904 g/mol. The molecule has 0 heterocycles. The zero-order chi connectivity index (χ0) is 44.7. The first kappa shape index (κ1) is 54.3. The van der Waals surface area contributed by atoms with E-state index in [0.717, 1.165) is 19.3 Å². The fourth-order valence-electron chi connectivity index (χ4n) is 5.26. The summed E-state index contributed by atoms with van der Waals surface area (Å²) in [5.74, 6) is -0.132. The van der Waals surface area contributed by atoms with Gasteiger partial charge in [0.05, 0.1) is 0 Å². The maximum Gasteiger partial charge on any atom is 3.00 e. The van der Waals surface area contributed by atoms with E-state index in [2.05, 4.69) is 30.0 Å². The average molecular weight is 953 g/mol. The van der Waals surface area contributed by atoms with E-state index in [4.69, 9.17) is 0 Å². The van der Waals surface area contributed by atoms with Crippen LogP contribution < -0.4 is 30.6 Å². The van der Waals surface area contributed by atoms with Crippen molar-refractivity contribution in [1.29, 1.82) is 0 Å². The first-order valence-corrected chi connectivity index (χ1v) is 20.4. The summed E-state index contributed by atoms with van der Waals surface area (Å²) in [7, 11) is 0. The summed E-state index contributed by atoms with van der Waals surface area (Å²) >= 11 is 0. The van der Waals surface area contributed by atoms with Crippen molar-refractivity contribution < 1.29 is 64.8 Å². The standard InChI is InChI=1S/3C17H18N2O2.2Fe/c3*20-16-8-3-1-6-14(16)12-18-10-5-11-19-13-15-7-2-4-9-17(15)21;;/h3*1-4,6-9,12-13,20-21H,5,10-11H2;;/q;;;2*+3/p-6. The van der Waals surface area contributed by atoms with E-state index in [1.54, 1.807) is 110 Å². The molecule has 0 aliphatic rings. The molecule has 0 amide bonds. The van der Waals surface area contributed by atoms with Crippen molar-refractivity contribution in [2.45, 2.75) is 19.3 Å². The molecule has 6 rings (SSSR count). The van der Waals surface area contributed by atoms with Crippen LogP contribution in [0.1, 0.15) is 52.6 Å².